The Hall–Kier alpha value is -2.27. The maximum atomic E-state index is 13.7. The molecule has 2 aromatic rings. The average Bonchev–Trinajstić information content (AvgIpc) is 3.09. The first-order chi connectivity index (χ1) is 11.6. The van der Waals surface area contributed by atoms with E-state index in [2.05, 4.69) is 4.98 Å². The van der Waals surface area contributed by atoms with Crippen LogP contribution in [-0.4, -0.2) is 35.5 Å². The van der Waals surface area contributed by atoms with Gasteiger partial charge in [0.1, 0.15) is 5.82 Å². The van der Waals surface area contributed by atoms with E-state index < -0.39 is 6.04 Å². The Morgan fingerprint density at radius 3 is 2.92 bits per heavy atom. The summed E-state index contributed by atoms with van der Waals surface area (Å²) in [6.45, 7) is 0.717. The van der Waals surface area contributed by atoms with Crippen LogP contribution in [0.3, 0.4) is 0 Å². The van der Waals surface area contributed by atoms with Crippen LogP contribution in [0.15, 0.2) is 48.7 Å². The molecule has 0 aliphatic carbocycles. The van der Waals surface area contributed by atoms with Crippen LogP contribution in [0.25, 0.3) is 0 Å². The van der Waals surface area contributed by atoms with Crippen LogP contribution < -0.4 is 0 Å². The third-order valence-electron chi connectivity index (χ3n) is 4.34. The molecule has 0 spiro atoms. The average molecular weight is 328 g/mol. The predicted molar refractivity (Wildman–Crippen MR) is 88.8 cm³/mol. The third-order valence-corrected chi connectivity index (χ3v) is 4.34. The van der Waals surface area contributed by atoms with Crippen LogP contribution in [0.5, 0.6) is 0 Å². The SMILES string of the molecule is CN(C(=O)C[C@H]1CCCO1)[C@@H](c1cccc(F)c1)c1ccccn1. The standard InChI is InChI=1S/C19H21FN2O2/c1-22(18(23)13-16-8-5-11-24-16)19(17-9-2-3-10-21-17)14-6-4-7-15(20)12-14/h2-4,6-7,9-10,12,16,19H,5,8,11,13H2,1H3/t16-,19+/m1/s1. The number of rotatable bonds is 5. The number of amides is 1. The Morgan fingerprint density at radius 2 is 2.25 bits per heavy atom. The van der Waals surface area contributed by atoms with Crippen molar-refractivity contribution in [2.45, 2.75) is 31.4 Å². The Bertz CT molecular complexity index is 687. The summed E-state index contributed by atoms with van der Waals surface area (Å²) in [4.78, 5) is 18.7. The van der Waals surface area contributed by atoms with Crippen LogP contribution in [0.1, 0.15) is 36.6 Å². The third kappa shape index (κ3) is 3.79. The molecule has 126 valence electrons. The van der Waals surface area contributed by atoms with Crippen molar-refractivity contribution in [2.24, 2.45) is 0 Å². The van der Waals surface area contributed by atoms with Crippen molar-refractivity contribution >= 4 is 5.91 Å². The topological polar surface area (TPSA) is 42.4 Å². The van der Waals surface area contributed by atoms with Crippen molar-refractivity contribution in [3.63, 3.8) is 0 Å². The number of benzene rings is 1. The summed E-state index contributed by atoms with van der Waals surface area (Å²) in [5, 5.41) is 0. The molecule has 0 radical (unpaired) electrons. The minimum absolute atomic E-state index is 0.0168. The molecule has 1 aromatic heterocycles. The molecule has 1 aromatic carbocycles. The number of aromatic nitrogens is 1. The van der Waals surface area contributed by atoms with Gasteiger partial charge in [0.15, 0.2) is 0 Å². The van der Waals surface area contributed by atoms with Gasteiger partial charge in [0, 0.05) is 19.9 Å². The second-order valence-electron chi connectivity index (χ2n) is 6.06. The lowest BCUT2D eigenvalue weighted by Gasteiger charge is -2.29. The zero-order chi connectivity index (χ0) is 16.9. The summed E-state index contributed by atoms with van der Waals surface area (Å²) in [5.41, 5.74) is 1.42. The van der Waals surface area contributed by atoms with Crippen LogP contribution >= 0.6 is 0 Å². The molecule has 0 N–H and O–H groups in total. The number of hydrogen-bond acceptors (Lipinski definition) is 3. The van der Waals surface area contributed by atoms with Crippen LogP contribution in [0, 0.1) is 5.82 Å². The summed E-state index contributed by atoms with van der Waals surface area (Å²) in [7, 11) is 1.74. The number of carbonyl (C=O) groups is 1. The lowest BCUT2D eigenvalue weighted by Crippen LogP contribution is -2.34. The number of nitrogens with zero attached hydrogens (tertiary/aromatic N) is 2. The molecule has 5 heteroatoms. The van der Waals surface area contributed by atoms with Gasteiger partial charge in [0.05, 0.1) is 24.3 Å². The normalized spacial score (nSPS) is 18.3. The van der Waals surface area contributed by atoms with Gasteiger partial charge in [-0.25, -0.2) is 4.39 Å². The highest BCUT2D eigenvalue weighted by atomic mass is 19.1. The summed E-state index contributed by atoms with van der Waals surface area (Å²) >= 11 is 0. The Morgan fingerprint density at radius 1 is 1.38 bits per heavy atom. The van der Waals surface area contributed by atoms with E-state index in [4.69, 9.17) is 4.74 Å². The molecule has 2 atom stereocenters. The molecule has 1 amide bonds. The molecule has 4 nitrogen and oxygen atoms in total. The second-order valence-corrected chi connectivity index (χ2v) is 6.06. The quantitative estimate of drug-likeness (QED) is 0.845. The summed E-state index contributed by atoms with van der Waals surface area (Å²) in [6.07, 6.45) is 3.91. The van der Waals surface area contributed by atoms with Crippen molar-refractivity contribution in [1.82, 2.24) is 9.88 Å². The van der Waals surface area contributed by atoms with Crippen molar-refractivity contribution in [2.75, 3.05) is 13.7 Å². The van der Waals surface area contributed by atoms with E-state index in [0.717, 1.165) is 19.4 Å². The van der Waals surface area contributed by atoms with Gasteiger partial charge >= 0.3 is 0 Å². The number of halogens is 1. The van der Waals surface area contributed by atoms with Crippen molar-refractivity contribution < 1.29 is 13.9 Å². The van der Waals surface area contributed by atoms with Gasteiger partial charge in [-0.15, -0.1) is 0 Å². The molecule has 0 unspecified atom stereocenters. The van der Waals surface area contributed by atoms with Crippen molar-refractivity contribution in [1.29, 1.82) is 0 Å². The van der Waals surface area contributed by atoms with E-state index in [1.807, 2.05) is 24.3 Å². The first kappa shape index (κ1) is 16.6. The number of carbonyl (C=O) groups excluding carboxylic acids is 1. The monoisotopic (exact) mass is 328 g/mol. The maximum absolute atomic E-state index is 13.7. The Labute approximate surface area is 141 Å². The fraction of sp³-hybridized carbons (Fsp3) is 0.368. The zero-order valence-corrected chi connectivity index (χ0v) is 13.7. The van der Waals surface area contributed by atoms with Gasteiger partial charge in [0.2, 0.25) is 5.91 Å². The Balaban J connectivity index is 1.87. The van der Waals surface area contributed by atoms with Gasteiger partial charge in [-0.05, 0) is 42.7 Å². The minimum atomic E-state index is -0.421. The smallest absolute Gasteiger partial charge is 0.225 e. The zero-order valence-electron chi connectivity index (χ0n) is 13.7. The molecule has 0 bridgehead atoms. The predicted octanol–water partition coefficient (Wildman–Crippen LogP) is 3.34. The van der Waals surface area contributed by atoms with Crippen LogP contribution in [-0.2, 0) is 9.53 Å². The summed E-state index contributed by atoms with van der Waals surface area (Å²) < 4.78 is 19.3. The van der Waals surface area contributed by atoms with Gasteiger partial charge < -0.3 is 9.64 Å². The Kier molecular flexibility index (Phi) is 5.20. The summed E-state index contributed by atoms with van der Waals surface area (Å²) in [6, 6.07) is 11.4. The fourth-order valence-corrected chi connectivity index (χ4v) is 3.10. The highest BCUT2D eigenvalue weighted by molar-refractivity contribution is 5.77. The first-order valence-corrected chi connectivity index (χ1v) is 8.19. The van der Waals surface area contributed by atoms with Crippen LogP contribution in [0.4, 0.5) is 4.39 Å². The molecule has 1 fully saturated rings. The first-order valence-electron chi connectivity index (χ1n) is 8.19. The van der Waals surface area contributed by atoms with Gasteiger partial charge in [-0.2, -0.15) is 0 Å². The van der Waals surface area contributed by atoms with E-state index in [9.17, 15) is 9.18 Å². The van der Waals surface area contributed by atoms with E-state index in [-0.39, 0.29) is 17.8 Å². The molecule has 24 heavy (non-hydrogen) atoms. The van der Waals surface area contributed by atoms with Gasteiger partial charge in [-0.3, -0.25) is 9.78 Å². The van der Waals surface area contributed by atoms with Crippen LogP contribution in [0.2, 0.25) is 0 Å². The largest absolute Gasteiger partial charge is 0.378 e. The molecule has 0 saturated carbocycles. The molecule has 1 aliphatic heterocycles. The number of pyridine rings is 1. The van der Waals surface area contributed by atoms with Crippen molar-refractivity contribution in [3.05, 3.63) is 65.7 Å². The van der Waals surface area contributed by atoms with E-state index in [1.165, 1.54) is 12.1 Å². The van der Waals surface area contributed by atoms with Gasteiger partial charge in [0.25, 0.3) is 0 Å². The second kappa shape index (κ2) is 7.53. The lowest BCUT2D eigenvalue weighted by atomic mass is 10.0. The summed E-state index contributed by atoms with van der Waals surface area (Å²) in [5.74, 6) is -0.352. The van der Waals surface area contributed by atoms with E-state index in [1.54, 1.807) is 24.2 Å². The number of ether oxygens (including phenoxy) is 1. The molecular formula is C19H21FN2O2. The number of hydrogen-bond donors (Lipinski definition) is 0. The lowest BCUT2D eigenvalue weighted by molar-refractivity contribution is -0.133. The maximum Gasteiger partial charge on any atom is 0.225 e. The van der Waals surface area contributed by atoms with Crippen molar-refractivity contribution in [3.8, 4) is 0 Å². The molecule has 1 saturated heterocycles. The van der Waals surface area contributed by atoms with E-state index in [0.29, 0.717) is 17.7 Å². The highest BCUT2D eigenvalue weighted by Gasteiger charge is 2.28. The van der Waals surface area contributed by atoms with E-state index >= 15 is 0 Å². The molecule has 2 heterocycles. The molecule has 3 rings (SSSR count). The minimum Gasteiger partial charge on any atom is -0.378 e. The molecular weight excluding hydrogens is 307 g/mol. The fourth-order valence-electron chi connectivity index (χ4n) is 3.10. The van der Waals surface area contributed by atoms with Gasteiger partial charge in [-0.1, -0.05) is 18.2 Å². The molecule has 1 aliphatic rings. The highest BCUT2D eigenvalue weighted by Crippen LogP contribution is 2.28.